The number of fused-ring (bicyclic) bond motifs is 1. The van der Waals surface area contributed by atoms with Crippen LogP contribution in [0.2, 0.25) is 0 Å². The summed E-state index contributed by atoms with van der Waals surface area (Å²) in [5, 5.41) is 9.14. The summed E-state index contributed by atoms with van der Waals surface area (Å²) in [6, 6.07) is 0. The molecule has 4 heteroatoms. The number of carbonyl (C=O) groups is 1. The fourth-order valence-electron chi connectivity index (χ4n) is 3.63. The lowest BCUT2D eigenvalue weighted by Crippen LogP contribution is -2.22. The van der Waals surface area contributed by atoms with Crippen LogP contribution in [0.5, 0.6) is 0 Å². The Morgan fingerprint density at radius 1 is 1.37 bits per heavy atom. The van der Waals surface area contributed by atoms with Crippen molar-refractivity contribution < 1.29 is 9.90 Å². The summed E-state index contributed by atoms with van der Waals surface area (Å²) in [5.74, 6) is 1.05. The summed E-state index contributed by atoms with van der Waals surface area (Å²) < 4.78 is 2.23. The first-order valence-corrected chi connectivity index (χ1v) is 7.41. The van der Waals surface area contributed by atoms with Crippen LogP contribution in [-0.2, 0) is 31.1 Å². The van der Waals surface area contributed by atoms with E-state index in [1.807, 2.05) is 0 Å². The molecule has 3 rings (SSSR count). The topological polar surface area (TPSA) is 55.1 Å². The number of hydrogen-bond acceptors (Lipinski definition) is 2. The number of aromatic nitrogens is 2. The summed E-state index contributed by atoms with van der Waals surface area (Å²) in [6.45, 7) is 0. The van der Waals surface area contributed by atoms with E-state index in [2.05, 4.69) is 11.6 Å². The van der Waals surface area contributed by atoms with Gasteiger partial charge in [-0.05, 0) is 18.8 Å². The molecule has 1 fully saturated rings. The van der Waals surface area contributed by atoms with Crippen LogP contribution in [0, 0.1) is 11.8 Å². The zero-order valence-corrected chi connectivity index (χ0v) is 11.6. The average Bonchev–Trinajstić information content (AvgIpc) is 2.99. The van der Waals surface area contributed by atoms with E-state index < -0.39 is 5.97 Å². The molecule has 0 aliphatic heterocycles. The molecule has 1 N–H and O–H groups in total. The molecule has 1 aromatic rings. The molecule has 104 valence electrons. The van der Waals surface area contributed by atoms with Gasteiger partial charge in [0, 0.05) is 25.6 Å². The minimum atomic E-state index is -0.673. The van der Waals surface area contributed by atoms with Crippen molar-refractivity contribution in [2.45, 2.75) is 51.4 Å². The van der Waals surface area contributed by atoms with Gasteiger partial charge in [-0.2, -0.15) is 0 Å². The van der Waals surface area contributed by atoms with Gasteiger partial charge >= 0.3 is 5.97 Å². The first-order chi connectivity index (χ1) is 9.15. The molecule has 4 nitrogen and oxygen atoms in total. The highest BCUT2D eigenvalue weighted by Gasteiger charge is 2.29. The molecule has 2 aliphatic carbocycles. The number of imidazole rings is 1. The molecule has 19 heavy (non-hydrogen) atoms. The van der Waals surface area contributed by atoms with Crippen molar-refractivity contribution in [1.82, 2.24) is 9.55 Å². The van der Waals surface area contributed by atoms with Crippen LogP contribution in [-0.4, -0.2) is 20.6 Å². The molecule has 2 aliphatic rings. The quantitative estimate of drug-likeness (QED) is 0.909. The van der Waals surface area contributed by atoms with Crippen molar-refractivity contribution >= 4 is 5.97 Å². The summed E-state index contributed by atoms with van der Waals surface area (Å²) in [5.41, 5.74) is 2.31. The van der Waals surface area contributed by atoms with Crippen molar-refractivity contribution in [3.63, 3.8) is 0 Å². The van der Waals surface area contributed by atoms with E-state index >= 15 is 0 Å². The number of carboxylic acid groups (broad SMARTS) is 1. The molecule has 1 unspecified atom stereocenters. The van der Waals surface area contributed by atoms with Gasteiger partial charge in [-0.25, -0.2) is 4.98 Å². The minimum Gasteiger partial charge on any atom is -0.481 e. The van der Waals surface area contributed by atoms with E-state index in [9.17, 15) is 4.79 Å². The second-order valence-electron chi connectivity index (χ2n) is 6.11. The molecule has 1 saturated carbocycles. The second-order valence-corrected chi connectivity index (χ2v) is 6.11. The van der Waals surface area contributed by atoms with Crippen LogP contribution in [0.3, 0.4) is 0 Å². The molecule has 0 aromatic carbocycles. The third-order valence-corrected chi connectivity index (χ3v) is 4.85. The lowest BCUT2D eigenvalue weighted by Gasteiger charge is -2.18. The molecule has 1 atom stereocenters. The molecule has 0 bridgehead atoms. The van der Waals surface area contributed by atoms with Gasteiger partial charge in [-0.3, -0.25) is 4.79 Å². The Kier molecular flexibility index (Phi) is 3.33. The molecular formula is C15H22N2O2. The lowest BCUT2D eigenvalue weighted by atomic mass is 9.90. The van der Waals surface area contributed by atoms with Gasteiger partial charge in [-0.1, -0.05) is 25.7 Å². The van der Waals surface area contributed by atoms with Gasteiger partial charge in [-0.15, -0.1) is 0 Å². The summed E-state index contributed by atoms with van der Waals surface area (Å²) >= 11 is 0. The smallest absolute Gasteiger partial charge is 0.306 e. The number of nitrogens with zero attached hydrogens (tertiary/aromatic N) is 2. The van der Waals surface area contributed by atoms with E-state index in [-0.39, 0.29) is 5.92 Å². The van der Waals surface area contributed by atoms with E-state index in [0.29, 0.717) is 6.42 Å². The average molecular weight is 262 g/mol. The zero-order valence-electron chi connectivity index (χ0n) is 11.6. The fraction of sp³-hybridized carbons (Fsp3) is 0.733. The van der Waals surface area contributed by atoms with Gasteiger partial charge in [0.2, 0.25) is 0 Å². The van der Waals surface area contributed by atoms with Crippen molar-refractivity contribution in [2.75, 3.05) is 0 Å². The molecule has 0 saturated heterocycles. The SMILES string of the molecule is Cn1c(CC2CCCC2)nc2c1CCC(C(=O)O)C2. The first kappa shape index (κ1) is 12.7. The molecule has 0 amide bonds. The van der Waals surface area contributed by atoms with Crippen molar-refractivity contribution in [2.24, 2.45) is 18.9 Å². The van der Waals surface area contributed by atoms with Crippen molar-refractivity contribution in [3.8, 4) is 0 Å². The van der Waals surface area contributed by atoms with Gasteiger partial charge in [0.05, 0.1) is 11.6 Å². The van der Waals surface area contributed by atoms with E-state index in [1.54, 1.807) is 0 Å². The Bertz CT molecular complexity index is 487. The third-order valence-electron chi connectivity index (χ3n) is 4.85. The second kappa shape index (κ2) is 4.99. The molecule has 0 radical (unpaired) electrons. The highest BCUT2D eigenvalue weighted by molar-refractivity contribution is 5.70. The maximum atomic E-state index is 11.1. The van der Waals surface area contributed by atoms with E-state index in [4.69, 9.17) is 10.1 Å². The summed E-state index contributed by atoms with van der Waals surface area (Å²) in [7, 11) is 2.09. The van der Waals surface area contributed by atoms with E-state index in [0.717, 1.165) is 30.9 Å². The number of aliphatic carboxylic acids is 1. The lowest BCUT2D eigenvalue weighted by molar-refractivity contribution is -0.142. The Morgan fingerprint density at radius 3 is 2.79 bits per heavy atom. The van der Waals surface area contributed by atoms with Crippen LogP contribution < -0.4 is 0 Å². The molecule has 1 aromatic heterocycles. The Hall–Kier alpha value is -1.32. The third kappa shape index (κ3) is 2.40. The largest absolute Gasteiger partial charge is 0.481 e. The zero-order chi connectivity index (χ0) is 13.4. The molecular weight excluding hydrogens is 240 g/mol. The predicted octanol–water partition coefficient (Wildman–Crippen LogP) is 2.34. The van der Waals surface area contributed by atoms with Crippen molar-refractivity contribution in [1.29, 1.82) is 0 Å². The normalized spacial score (nSPS) is 23.5. The minimum absolute atomic E-state index is 0.235. The highest BCUT2D eigenvalue weighted by Crippen LogP contribution is 2.30. The van der Waals surface area contributed by atoms with E-state index in [1.165, 1.54) is 37.2 Å². The standard InChI is InChI=1S/C15H22N2O2/c1-17-13-7-6-11(15(18)19)9-12(13)16-14(17)8-10-4-2-3-5-10/h10-11H,2-9H2,1H3,(H,18,19). The van der Waals surface area contributed by atoms with Gasteiger partial charge in [0.15, 0.2) is 0 Å². The monoisotopic (exact) mass is 262 g/mol. The number of rotatable bonds is 3. The highest BCUT2D eigenvalue weighted by atomic mass is 16.4. The van der Waals surface area contributed by atoms with Gasteiger partial charge in [0.1, 0.15) is 5.82 Å². The van der Waals surface area contributed by atoms with Crippen LogP contribution in [0.25, 0.3) is 0 Å². The van der Waals surface area contributed by atoms with Crippen LogP contribution >= 0.6 is 0 Å². The summed E-state index contributed by atoms with van der Waals surface area (Å²) in [4.78, 5) is 15.8. The van der Waals surface area contributed by atoms with Gasteiger partial charge in [0.25, 0.3) is 0 Å². The molecule has 0 spiro atoms. The van der Waals surface area contributed by atoms with Crippen LogP contribution in [0.4, 0.5) is 0 Å². The first-order valence-electron chi connectivity index (χ1n) is 7.41. The number of hydrogen-bond donors (Lipinski definition) is 1. The predicted molar refractivity (Wildman–Crippen MR) is 72.0 cm³/mol. The fourth-order valence-corrected chi connectivity index (χ4v) is 3.63. The van der Waals surface area contributed by atoms with Crippen molar-refractivity contribution in [3.05, 3.63) is 17.2 Å². The van der Waals surface area contributed by atoms with Crippen LogP contribution in [0.15, 0.2) is 0 Å². The maximum Gasteiger partial charge on any atom is 0.306 e. The maximum absolute atomic E-state index is 11.1. The molecule has 1 heterocycles. The summed E-state index contributed by atoms with van der Waals surface area (Å²) in [6.07, 6.45) is 8.67. The Labute approximate surface area is 113 Å². The number of carboxylic acids is 1. The Balaban J connectivity index is 1.78. The van der Waals surface area contributed by atoms with Crippen LogP contribution in [0.1, 0.15) is 49.3 Å². The Morgan fingerprint density at radius 2 is 2.11 bits per heavy atom. The van der Waals surface area contributed by atoms with Gasteiger partial charge < -0.3 is 9.67 Å².